The molecule has 0 aromatic heterocycles. The Hall–Kier alpha value is -2.35. The molecule has 0 saturated heterocycles. The fourth-order valence-corrected chi connectivity index (χ4v) is 2.25. The quantitative estimate of drug-likeness (QED) is 0.574. The Labute approximate surface area is 139 Å². The SMILES string of the molecule is C.CN(C(=O)c1cc([N+](=O)[O-])ccc1Br)c1ccc(F)cc1F. The van der Waals surface area contributed by atoms with Crippen molar-refractivity contribution in [3.05, 3.63) is 68.2 Å². The van der Waals surface area contributed by atoms with Crippen molar-refractivity contribution in [2.24, 2.45) is 0 Å². The van der Waals surface area contributed by atoms with Crippen LogP contribution in [0.3, 0.4) is 0 Å². The van der Waals surface area contributed by atoms with E-state index < -0.39 is 22.5 Å². The summed E-state index contributed by atoms with van der Waals surface area (Å²) in [5, 5.41) is 10.8. The van der Waals surface area contributed by atoms with Gasteiger partial charge in [0, 0.05) is 29.7 Å². The van der Waals surface area contributed by atoms with Gasteiger partial charge < -0.3 is 4.90 Å². The predicted molar refractivity (Wildman–Crippen MR) is 86.6 cm³/mol. The zero-order valence-electron chi connectivity index (χ0n) is 11.2. The first kappa shape index (κ1) is 18.7. The lowest BCUT2D eigenvalue weighted by Crippen LogP contribution is -2.27. The number of anilines is 1. The number of hydrogen-bond donors (Lipinski definition) is 0. The summed E-state index contributed by atoms with van der Waals surface area (Å²) >= 11 is 3.13. The minimum Gasteiger partial charge on any atom is -0.309 e. The largest absolute Gasteiger partial charge is 0.309 e. The number of hydrogen-bond acceptors (Lipinski definition) is 3. The van der Waals surface area contributed by atoms with Gasteiger partial charge in [0.15, 0.2) is 0 Å². The molecule has 0 saturated carbocycles. The second-order valence-corrected chi connectivity index (χ2v) is 5.24. The number of nitro groups is 1. The van der Waals surface area contributed by atoms with Crippen molar-refractivity contribution in [3.8, 4) is 0 Å². The van der Waals surface area contributed by atoms with E-state index in [0.717, 1.165) is 23.1 Å². The van der Waals surface area contributed by atoms with Gasteiger partial charge in [0.1, 0.15) is 11.6 Å². The van der Waals surface area contributed by atoms with Crippen molar-refractivity contribution in [3.63, 3.8) is 0 Å². The van der Waals surface area contributed by atoms with Gasteiger partial charge in [0.25, 0.3) is 11.6 Å². The summed E-state index contributed by atoms with van der Waals surface area (Å²) < 4.78 is 27.0. The van der Waals surface area contributed by atoms with Gasteiger partial charge in [-0.3, -0.25) is 14.9 Å². The summed E-state index contributed by atoms with van der Waals surface area (Å²) in [6, 6.07) is 6.48. The van der Waals surface area contributed by atoms with E-state index in [1.54, 1.807) is 0 Å². The number of amides is 1. The summed E-state index contributed by atoms with van der Waals surface area (Å²) in [5.74, 6) is -2.34. The average molecular weight is 387 g/mol. The molecule has 1 amide bonds. The zero-order valence-corrected chi connectivity index (χ0v) is 12.8. The van der Waals surface area contributed by atoms with Gasteiger partial charge in [-0.2, -0.15) is 0 Å². The highest BCUT2D eigenvalue weighted by Crippen LogP contribution is 2.26. The first-order valence-electron chi connectivity index (χ1n) is 5.98. The summed E-state index contributed by atoms with van der Waals surface area (Å²) in [6.07, 6.45) is 0. The fraction of sp³-hybridized carbons (Fsp3) is 0.133. The maximum atomic E-state index is 13.7. The first-order chi connectivity index (χ1) is 10.3. The summed E-state index contributed by atoms with van der Waals surface area (Å²) in [7, 11) is 1.30. The number of benzene rings is 2. The lowest BCUT2D eigenvalue weighted by molar-refractivity contribution is -0.384. The van der Waals surface area contributed by atoms with E-state index in [1.165, 1.54) is 19.2 Å². The van der Waals surface area contributed by atoms with Crippen molar-refractivity contribution in [2.75, 3.05) is 11.9 Å². The Morgan fingerprint density at radius 2 is 1.87 bits per heavy atom. The van der Waals surface area contributed by atoms with Crippen LogP contribution in [-0.2, 0) is 0 Å². The van der Waals surface area contributed by atoms with Crippen LogP contribution in [0, 0.1) is 21.7 Å². The Morgan fingerprint density at radius 1 is 1.22 bits per heavy atom. The molecule has 0 N–H and O–H groups in total. The highest BCUT2D eigenvalue weighted by molar-refractivity contribution is 9.10. The summed E-state index contributed by atoms with van der Waals surface area (Å²) in [5.41, 5.74) is -0.398. The number of halogens is 3. The van der Waals surface area contributed by atoms with Crippen LogP contribution in [0.15, 0.2) is 40.9 Å². The Balaban J connectivity index is 0.00000264. The van der Waals surface area contributed by atoms with Crippen molar-refractivity contribution in [2.45, 2.75) is 7.43 Å². The van der Waals surface area contributed by atoms with Gasteiger partial charge in [-0.1, -0.05) is 7.43 Å². The summed E-state index contributed by atoms with van der Waals surface area (Å²) in [4.78, 5) is 23.5. The van der Waals surface area contributed by atoms with E-state index in [0.29, 0.717) is 10.5 Å². The third-order valence-corrected chi connectivity index (χ3v) is 3.66. The lowest BCUT2D eigenvalue weighted by Gasteiger charge is -2.18. The van der Waals surface area contributed by atoms with Crippen molar-refractivity contribution < 1.29 is 18.5 Å². The van der Waals surface area contributed by atoms with Crippen LogP contribution in [0.5, 0.6) is 0 Å². The molecule has 0 heterocycles. The molecule has 0 atom stereocenters. The number of carbonyl (C=O) groups excluding carboxylic acids is 1. The van der Waals surface area contributed by atoms with Gasteiger partial charge in [-0.05, 0) is 34.1 Å². The molecule has 2 aromatic carbocycles. The zero-order chi connectivity index (χ0) is 16.4. The van der Waals surface area contributed by atoms with Crippen LogP contribution in [0.4, 0.5) is 20.2 Å². The number of nitro benzene ring substituents is 1. The van der Waals surface area contributed by atoms with Crippen molar-refractivity contribution >= 4 is 33.2 Å². The van der Waals surface area contributed by atoms with Gasteiger partial charge in [0.2, 0.25) is 0 Å². The molecule has 0 radical (unpaired) electrons. The molecule has 0 bridgehead atoms. The molecule has 5 nitrogen and oxygen atoms in total. The van der Waals surface area contributed by atoms with Crippen LogP contribution in [-0.4, -0.2) is 17.9 Å². The Kier molecular flexibility index (Phi) is 5.91. The maximum absolute atomic E-state index is 13.7. The lowest BCUT2D eigenvalue weighted by atomic mass is 10.1. The molecule has 0 aliphatic rings. The number of rotatable bonds is 3. The van der Waals surface area contributed by atoms with E-state index in [1.807, 2.05) is 0 Å². The van der Waals surface area contributed by atoms with E-state index in [-0.39, 0.29) is 24.4 Å². The molecule has 0 fully saturated rings. The highest BCUT2D eigenvalue weighted by atomic mass is 79.9. The van der Waals surface area contributed by atoms with E-state index in [9.17, 15) is 23.7 Å². The van der Waals surface area contributed by atoms with Crippen LogP contribution in [0.25, 0.3) is 0 Å². The number of carbonyl (C=O) groups is 1. The third kappa shape index (κ3) is 3.89. The van der Waals surface area contributed by atoms with Gasteiger partial charge in [-0.25, -0.2) is 8.78 Å². The van der Waals surface area contributed by atoms with Gasteiger partial charge >= 0.3 is 0 Å². The highest BCUT2D eigenvalue weighted by Gasteiger charge is 2.21. The Morgan fingerprint density at radius 3 is 2.43 bits per heavy atom. The number of non-ortho nitro benzene ring substituents is 1. The second-order valence-electron chi connectivity index (χ2n) is 4.38. The number of nitrogens with zero attached hydrogens (tertiary/aromatic N) is 2. The minimum atomic E-state index is -0.905. The molecule has 0 aliphatic heterocycles. The molecule has 0 aliphatic carbocycles. The van der Waals surface area contributed by atoms with Gasteiger partial charge in [-0.15, -0.1) is 0 Å². The molecule has 0 unspecified atom stereocenters. The molecule has 2 rings (SSSR count). The van der Waals surface area contributed by atoms with E-state index >= 15 is 0 Å². The first-order valence-corrected chi connectivity index (χ1v) is 6.77. The van der Waals surface area contributed by atoms with E-state index in [4.69, 9.17) is 0 Å². The van der Waals surface area contributed by atoms with Gasteiger partial charge in [0.05, 0.1) is 16.2 Å². The molecule has 2 aromatic rings. The van der Waals surface area contributed by atoms with Crippen molar-refractivity contribution in [1.29, 1.82) is 0 Å². The molecular weight excluding hydrogens is 374 g/mol. The van der Waals surface area contributed by atoms with Crippen LogP contribution < -0.4 is 4.90 Å². The molecule has 23 heavy (non-hydrogen) atoms. The van der Waals surface area contributed by atoms with Crippen LogP contribution >= 0.6 is 15.9 Å². The third-order valence-electron chi connectivity index (χ3n) is 2.97. The smallest absolute Gasteiger partial charge is 0.270 e. The van der Waals surface area contributed by atoms with E-state index in [2.05, 4.69) is 15.9 Å². The molecule has 122 valence electrons. The second kappa shape index (κ2) is 7.28. The molecule has 8 heteroatoms. The van der Waals surface area contributed by atoms with Crippen molar-refractivity contribution in [1.82, 2.24) is 0 Å². The molecular formula is C15H13BrF2N2O3. The summed E-state index contributed by atoms with van der Waals surface area (Å²) in [6.45, 7) is 0. The normalized spacial score (nSPS) is 9.91. The average Bonchev–Trinajstić information content (AvgIpc) is 2.46. The Bertz CT molecular complexity index is 768. The topological polar surface area (TPSA) is 63.5 Å². The standard InChI is InChI=1S/C14H9BrF2N2O3.CH4/c1-18(13-5-2-8(16)6-12(13)17)14(20)10-7-9(19(21)22)3-4-11(10)15;/h2-7H,1H3;1H4. The molecule has 0 spiro atoms. The monoisotopic (exact) mass is 386 g/mol. The fourth-order valence-electron chi connectivity index (χ4n) is 1.83. The van der Waals surface area contributed by atoms with Crippen LogP contribution in [0.2, 0.25) is 0 Å². The van der Waals surface area contributed by atoms with Crippen LogP contribution in [0.1, 0.15) is 17.8 Å². The maximum Gasteiger partial charge on any atom is 0.270 e. The minimum absolute atomic E-state index is 0. The predicted octanol–water partition coefficient (Wildman–Crippen LogP) is 4.55.